The molecule has 718 valence electrons. The third-order valence-electron chi connectivity index (χ3n) is 20.5. The van der Waals surface area contributed by atoms with Gasteiger partial charge >= 0.3 is 18.0 Å². The number of esters is 1. The molecule has 1 aliphatic rings. The molecule has 1 aliphatic heterocycles. The molecular weight excluding hydrogens is 1680 g/mol. The number of aromatic hydroxyl groups is 1. The van der Waals surface area contributed by atoms with Gasteiger partial charge in [-0.25, -0.2) is 9.78 Å². The number of nitrogens with zero attached hydrogens (tertiary/aromatic N) is 4. The number of benzene rings is 1. The predicted molar refractivity (Wildman–Crippen MR) is 468 cm³/mol. The number of ether oxygens (including phenoxy) is 11. The quantitative estimate of drug-likeness (QED) is 0.0195. The number of phenolic OH excluding ortho intramolecular Hbond substituents is 1. The molecule has 41 heteroatoms. The lowest BCUT2D eigenvalue weighted by molar-refractivity contribution is -0.149. The molecule has 11 N–H and O–H groups in total. The minimum absolute atomic E-state index is 0.00222. The van der Waals surface area contributed by atoms with E-state index in [1.54, 1.807) is 64.7 Å². The number of carboxylic acid groups (broad SMARTS) is 1. The van der Waals surface area contributed by atoms with Crippen LogP contribution in [0.5, 0.6) is 5.75 Å². The highest BCUT2D eigenvalue weighted by atomic mass is 32.1. The highest BCUT2D eigenvalue weighted by molar-refractivity contribution is 7.09. The van der Waals surface area contributed by atoms with Gasteiger partial charge in [-0.1, -0.05) is 74.3 Å². The number of likely N-dealkylation sites (N-methyl/N-ethyl adjacent to an activating group) is 2. The first kappa shape index (κ1) is 112. The summed E-state index contributed by atoms with van der Waals surface area (Å²) in [5, 5.41) is 46.6. The van der Waals surface area contributed by atoms with Crippen LogP contribution in [0.1, 0.15) is 174 Å². The van der Waals surface area contributed by atoms with Gasteiger partial charge < -0.3 is 110 Å². The molecule has 12 amide bonds. The van der Waals surface area contributed by atoms with Crippen molar-refractivity contribution >= 4 is 100 Å². The Kier molecular flexibility index (Phi) is 55.2. The fourth-order valence-electron chi connectivity index (χ4n) is 12.2. The molecule has 1 aromatic heterocycles. The van der Waals surface area contributed by atoms with E-state index in [0.29, 0.717) is 111 Å². The second kappa shape index (κ2) is 62.7. The Bertz CT molecular complexity index is 3740. The zero-order valence-corrected chi connectivity index (χ0v) is 77.5. The van der Waals surface area contributed by atoms with Crippen molar-refractivity contribution in [2.24, 2.45) is 23.7 Å². The van der Waals surface area contributed by atoms with Crippen LogP contribution < -0.4 is 47.9 Å². The van der Waals surface area contributed by atoms with Crippen LogP contribution in [0.25, 0.3) is 0 Å². The van der Waals surface area contributed by atoms with Crippen molar-refractivity contribution in [3.63, 3.8) is 0 Å². The van der Waals surface area contributed by atoms with Crippen molar-refractivity contribution in [3.8, 4) is 5.75 Å². The molecule has 1 aromatic carbocycles. The number of unbranched alkanes of at least 4 members (excludes halogenated alkanes) is 2. The van der Waals surface area contributed by atoms with Gasteiger partial charge in [-0.2, -0.15) is 0 Å². The van der Waals surface area contributed by atoms with Gasteiger partial charge in [0, 0.05) is 76.1 Å². The van der Waals surface area contributed by atoms with Crippen molar-refractivity contribution in [3.05, 3.63) is 52.0 Å². The zero-order valence-electron chi connectivity index (χ0n) is 76.7. The summed E-state index contributed by atoms with van der Waals surface area (Å²) in [4.78, 5) is 190. The molecule has 2 aromatic rings. The maximum absolute atomic E-state index is 14.3. The van der Waals surface area contributed by atoms with Crippen LogP contribution in [0.15, 0.2) is 35.7 Å². The molecular formula is C86H141N13O27S. The van der Waals surface area contributed by atoms with Crippen molar-refractivity contribution in [2.45, 2.75) is 202 Å². The summed E-state index contributed by atoms with van der Waals surface area (Å²) in [5.41, 5.74) is -0.416. The maximum Gasteiger partial charge on any atom is 0.411 e. The third-order valence-corrected chi connectivity index (χ3v) is 21.5. The second-order valence-corrected chi connectivity index (χ2v) is 32.9. The normalized spacial score (nSPS) is 14.2. The van der Waals surface area contributed by atoms with E-state index in [1.165, 1.54) is 38.3 Å². The lowest BCUT2D eigenvalue weighted by Crippen LogP contribution is -2.60. The average Bonchev–Trinajstić information content (AvgIpc) is 1.76. The van der Waals surface area contributed by atoms with Gasteiger partial charge in [0.1, 0.15) is 53.8 Å². The SMILES string of the molecule is CCCCNC(=O)CNC(=O)[C@H](C)NC(=O)[C@@H](NC(=O)[C@H](CCCCNC(=O)COCCOCCOCCOCCOCCOCCOCCOCCOCCOC(=O)Nc1cc(C[C@@H](C[C@H](C)C(=O)O)NC(=O)c2csc([C@@H](C[C@H](C(C)C)N(C)C(=O)[C@@H](NC(=O)C(C)(C)N(C)C)[C@@H](C)CC)OC(C)=O)n2)ccc1O)NC(=O)CCCN1C(=O)C=CC1=O)C(C)C. The number of thiazole rings is 1. The molecule has 0 saturated carbocycles. The first-order valence-electron chi connectivity index (χ1n) is 43.5. The summed E-state index contributed by atoms with van der Waals surface area (Å²) in [6, 6.07) is -1.06. The standard InChI is InChI=1S/C86H141N13O27S/c1-16-18-28-87-71(103)53-89-77(107)60(9)90-80(110)75(57(5)6)95-78(108)64(92-70(102)23-21-30-99-73(105)26-27-74(99)106)22-19-20-29-88-72(104)54-124-46-45-122-42-41-120-38-37-118-34-33-116-31-32-117-35-36-119-39-40-121-43-44-123-47-48-125-85(115)94-65-51-62(24-25-68(65)101)50-63(49-59(8)83(112)113)91-79(109)66-55-127-81(93-66)69(126-61(10)100)52-67(56(3)4)98(15)82(111)76(58(7)17-2)96-84(114)86(11,12)97(13)14/h24-27,51,55-60,63-64,67,69,75-76,101H,16-23,28-50,52-54H2,1-15H3,(H,87,103)(H,88,104)(H,89,107)(H,90,110)(H,91,109)(H,92,102)(H,94,115)(H,95,108)(H,96,114)(H,112,113)/t58-,59-,60-,63+,64-,67+,69+,75-,76-/m0/s1. The molecule has 0 aliphatic carbocycles. The summed E-state index contributed by atoms with van der Waals surface area (Å²) >= 11 is 1.08. The smallest absolute Gasteiger partial charge is 0.411 e. The summed E-state index contributed by atoms with van der Waals surface area (Å²) in [6.45, 7) is 25.7. The number of phenols is 1. The fraction of sp³-hybridized carbons (Fsp3) is 0.709. The van der Waals surface area contributed by atoms with Gasteiger partial charge in [-0.05, 0) is 115 Å². The largest absolute Gasteiger partial charge is 0.506 e. The minimum atomic E-state index is -1.12. The van der Waals surface area contributed by atoms with Crippen LogP contribution in [-0.2, 0) is 116 Å². The molecule has 0 fully saturated rings. The van der Waals surface area contributed by atoms with Crippen molar-refractivity contribution in [1.29, 1.82) is 0 Å². The number of carbonyl (C=O) groups is 14. The predicted octanol–water partition coefficient (Wildman–Crippen LogP) is 3.50. The Hall–Kier alpha value is -9.43. The summed E-state index contributed by atoms with van der Waals surface area (Å²) < 4.78 is 60.8. The molecule has 0 saturated heterocycles. The van der Waals surface area contributed by atoms with E-state index in [2.05, 4.69) is 52.8 Å². The number of amides is 12. The first-order valence-corrected chi connectivity index (χ1v) is 44.4. The number of anilines is 1. The first-order chi connectivity index (χ1) is 60.4. The van der Waals surface area contributed by atoms with Crippen LogP contribution in [0, 0.1) is 23.7 Å². The van der Waals surface area contributed by atoms with Crippen LogP contribution in [-0.4, -0.2) is 328 Å². The molecule has 0 radical (unpaired) electrons. The highest BCUT2D eigenvalue weighted by Crippen LogP contribution is 2.32. The molecule has 3 rings (SSSR count). The van der Waals surface area contributed by atoms with Crippen LogP contribution >= 0.6 is 11.3 Å². The number of carbonyl (C=O) groups excluding carboxylic acids is 13. The van der Waals surface area contributed by atoms with E-state index in [0.717, 1.165) is 41.2 Å². The van der Waals surface area contributed by atoms with E-state index in [4.69, 9.17) is 52.1 Å². The highest BCUT2D eigenvalue weighted by Gasteiger charge is 2.40. The van der Waals surface area contributed by atoms with E-state index in [-0.39, 0.29) is 162 Å². The van der Waals surface area contributed by atoms with Crippen molar-refractivity contribution < 1.29 is 129 Å². The Morgan fingerprint density at radius 3 is 1.65 bits per heavy atom. The Labute approximate surface area is 749 Å². The summed E-state index contributed by atoms with van der Waals surface area (Å²) in [6.07, 6.45) is 3.77. The van der Waals surface area contributed by atoms with Gasteiger partial charge in [0.2, 0.25) is 47.3 Å². The third kappa shape index (κ3) is 45.4. The lowest BCUT2D eigenvalue weighted by Gasteiger charge is -2.38. The average molecular weight is 1820 g/mol. The summed E-state index contributed by atoms with van der Waals surface area (Å²) in [7, 11) is 5.22. The number of nitrogens with one attached hydrogen (secondary N) is 9. The zero-order chi connectivity index (χ0) is 94.4. The fourth-order valence-corrected chi connectivity index (χ4v) is 13.1. The topological polar surface area (TPSA) is 512 Å². The lowest BCUT2D eigenvalue weighted by atomic mass is 9.92. The van der Waals surface area contributed by atoms with Gasteiger partial charge in [0.15, 0.2) is 6.10 Å². The molecule has 2 heterocycles. The van der Waals surface area contributed by atoms with E-state index in [9.17, 15) is 77.3 Å². The van der Waals surface area contributed by atoms with Gasteiger partial charge in [0.25, 0.3) is 17.7 Å². The Balaban J connectivity index is 1.24. The van der Waals surface area contributed by atoms with Crippen LogP contribution in [0.2, 0.25) is 0 Å². The molecule has 127 heavy (non-hydrogen) atoms. The van der Waals surface area contributed by atoms with Crippen molar-refractivity contribution in [1.82, 2.24) is 62.2 Å². The Morgan fingerprint density at radius 1 is 0.591 bits per heavy atom. The monoisotopic (exact) mass is 1820 g/mol. The molecule has 9 atom stereocenters. The van der Waals surface area contributed by atoms with Crippen LogP contribution in [0.4, 0.5) is 10.5 Å². The maximum atomic E-state index is 14.3. The van der Waals surface area contributed by atoms with Gasteiger partial charge in [-0.15, -0.1) is 11.3 Å². The number of hydrogen-bond acceptors (Lipinski definition) is 29. The number of hydrogen-bond donors (Lipinski definition) is 11. The molecule has 0 spiro atoms. The van der Waals surface area contributed by atoms with E-state index >= 15 is 0 Å². The molecule has 0 unspecified atom stereocenters. The van der Waals surface area contributed by atoms with Crippen molar-refractivity contribution in [2.75, 3.05) is 178 Å². The van der Waals surface area contributed by atoms with Crippen LogP contribution in [0.3, 0.4) is 0 Å². The number of aliphatic carboxylic acids is 1. The molecule has 0 bridgehead atoms. The number of imide groups is 1. The Morgan fingerprint density at radius 2 is 1.13 bits per heavy atom. The molecule has 40 nitrogen and oxygen atoms in total. The van der Waals surface area contributed by atoms with E-state index < -0.39 is 119 Å². The van der Waals surface area contributed by atoms with Gasteiger partial charge in [0.05, 0.1) is 136 Å². The minimum Gasteiger partial charge on any atom is -0.506 e. The second-order valence-electron chi connectivity index (χ2n) is 32.0. The number of carboxylic acids is 1. The van der Waals surface area contributed by atoms with E-state index in [1.807, 2.05) is 34.6 Å². The summed E-state index contributed by atoms with van der Waals surface area (Å²) in [5.74, 6) is -9.18. The number of aromatic nitrogens is 1. The number of rotatable bonds is 70. The van der Waals surface area contributed by atoms with Gasteiger partial charge in [-0.3, -0.25) is 77.4 Å².